The van der Waals surface area contributed by atoms with Gasteiger partial charge in [-0.25, -0.2) is 0 Å². The predicted molar refractivity (Wildman–Crippen MR) is 74.9 cm³/mol. The average molecular weight is 247 g/mol. The molecule has 0 amide bonds. The zero-order chi connectivity index (χ0) is 13.3. The molecule has 1 aliphatic rings. The molecule has 1 aromatic carbocycles. The van der Waals surface area contributed by atoms with E-state index in [4.69, 9.17) is 0 Å². The highest BCUT2D eigenvalue weighted by atomic mass is 16.6. The molecular formula is C12H18BN3O2. The van der Waals surface area contributed by atoms with Gasteiger partial charge in [0.1, 0.15) is 0 Å². The molecule has 0 saturated heterocycles. The van der Waals surface area contributed by atoms with E-state index >= 15 is 0 Å². The van der Waals surface area contributed by atoms with E-state index in [9.17, 15) is 10.1 Å². The van der Waals surface area contributed by atoms with Gasteiger partial charge < -0.3 is 9.71 Å². The summed E-state index contributed by atoms with van der Waals surface area (Å²) in [6, 6.07) is 5.19. The number of benzene rings is 1. The van der Waals surface area contributed by atoms with Gasteiger partial charge in [-0.15, -0.1) is 0 Å². The molecule has 0 aliphatic carbocycles. The summed E-state index contributed by atoms with van der Waals surface area (Å²) in [5.41, 5.74) is 2.44. The van der Waals surface area contributed by atoms with E-state index in [2.05, 4.69) is 9.71 Å². The minimum Gasteiger partial charge on any atom is -0.421 e. The number of nitro benzene ring substituents is 1. The molecule has 1 unspecified atom stereocenters. The van der Waals surface area contributed by atoms with Gasteiger partial charge in [-0.2, -0.15) is 0 Å². The van der Waals surface area contributed by atoms with Gasteiger partial charge in [-0.05, 0) is 38.7 Å². The van der Waals surface area contributed by atoms with E-state index in [1.807, 2.05) is 28.1 Å². The fraction of sp³-hybridized carbons (Fsp3) is 0.500. The molecule has 0 fully saturated rings. The van der Waals surface area contributed by atoms with Crippen molar-refractivity contribution < 1.29 is 4.92 Å². The molecule has 5 nitrogen and oxygen atoms in total. The molecule has 0 spiro atoms. The van der Waals surface area contributed by atoms with Gasteiger partial charge in [0.05, 0.1) is 4.92 Å². The molecule has 0 N–H and O–H groups in total. The fourth-order valence-corrected chi connectivity index (χ4v) is 2.52. The normalized spacial score (nSPS) is 18.2. The number of nitro groups is 1. The lowest BCUT2D eigenvalue weighted by molar-refractivity contribution is -0.384. The summed E-state index contributed by atoms with van der Waals surface area (Å²) in [5.74, 6) is 0.396. The average Bonchev–Trinajstić information content (AvgIpc) is 2.63. The number of fused-ring (bicyclic) bond motifs is 1. The lowest BCUT2D eigenvalue weighted by atomic mass is 9.97. The van der Waals surface area contributed by atoms with Crippen LogP contribution in [-0.4, -0.2) is 45.0 Å². The van der Waals surface area contributed by atoms with Gasteiger partial charge in [0.15, 0.2) is 0 Å². The third-order valence-corrected chi connectivity index (χ3v) is 3.49. The van der Waals surface area contributed by atoms with Gasteiger partial charge in [0.25, 0.3) is 5.69 Å². The topological polar surface area (TPSA) is 49.6 Å². The second-order valence-electron chi connectivity index (χ2n) is 5.17. The Morgan fingerprint density at radius 3 is 2.89 bits per heavy atom. The molecule has 0 radical (unpaired) electrons. The van der Waals surface area contributed by atoms with Crippen LogP contribution in [0.15, 0.2) is 18.2 Å². The largest absolute Gasteiger partial charge is 0.421 e. The van der Waals surface area contributed by atoms with E-state index in [0.29, 0.717) is 5.92 Å². The number of non-ortho nitro benzene ring substituents is 1. The molecule has 2 rings (SSSR count). The first-order chi connectivity index (χ1) is 8.49. The summed E-state index contributed by atoms with van der Waals surface area (Å²) in [4.78, 5) is 14.8. The smallest absolute Gasteiger partial charge is 0.269 e. The van der Waals surface area contributed by atoms with Crippen LogP contribution in [0.5, 0.6) is 0 Å². The maximum atomic E-state index is 10.8. The summed E-state index contributed by atoms with van der Waals surface area (Å²) in [7, 11) is 6.14. The molecule has 96 valence electrons. The summed E-state index contributed by atoms with van der Waals surface area (Å²) < 4.78 is 0. The highest BCUT2D eigenvalue weighted by Gasteiger charge is 2.27. The van der Waals surface area contributed by atoms with Crippen molar-refractivity contribution in [2.45, 2.75) is 12.3 Å². The van der Waals surface area contributed by atoms with Crippen LogP contribution in [0.3, 0.4) is 0 Å². The molecule has 18 heavy (non-hydrogen) atoms. The van der Waals surface area contributed by atoms with Gasteiger partial charge in [-0.1, -0.05) is 0 Å². The summed E-state index contributed by atoms with van der Waals surface area (Å²) in [5, 5.41) is 10.8. The molecule has 1 aliphatic heterocycles. The Balaban J connectivity index is 2.25. The lowest BCUT2D eigenvalue weighted by Gasteiger charge is -2.15. The summed E-state index contributed by atoms with van der Waals surface area (Å²) in [6.45, 7) is 1.95. The Hall–Kier alpha value is -1.56. The fourth-order valence-electron chi connectivity index (χ4n) is 2.52. The Labute approximate surface area is 108 Å². The molecule has 1 atom stereocenters. The second-order valence-corrected chi connectivity index (χ2v) is 5.17. The van der Waals surface area contributed by atoms with Crippen LogP contribution in [-0.2, 0) is 0 Å². The van der Waals surface area contributed by atoms with Crippen molar-refractivity contribution >= 4 is 19.4 Å². The van der Waals surface area contributed by atoms with E-state index in [-0.39, 0.29) is 10.6 Å². The first-order valence-electron chi connectivity index (χ1n) is 6.13. The molecule has 0 saturated carbocycles. The molecule has 1 aromatic rings. The summed E-state index contributed by atoms with van der Waals surface area (Å²) in [6.07, 6.45) is 1.03. The van der Waals surface area contributed by atoms with Gasteiger partial charge in [-0.3, -0.25) is 10.1 Å². The minimum absolute atomic E-state index is 0.193. The Morgan fingerprint density at radius 2 is 2.28 bits per heavy atom. The first kappa shape index (κ1) is 12.9. The van der Waals surface area contributed by atoms with E-state index in [1.165, 1.54) is 0 Å². The van der Waals surface area contributed by atoms with Gasteiger partial charge in [0.2, 0.25) is 7.98 Å². The standard InChI is InChI=1S/C12H18BN3O2/c1-14(2)6-5-9-8-15(13)12-4-3-10(16(17)18)7-11(9)12/h3-4,7,9H,5-6,8,13H2,1-2H3. The Kier molecular flexibility index (Phi) is 3.56. The number of hydrogen-bond donors (Lipinski definition) is 0. The zero-order valence-electron chi connectivity index (χ0n) is 11.1. The van der Waals surface area contributed by atoms with Crippen molar-refractivity contribution in [3.05, 3.63) is 33.9 Å². The van der Waals surface area contributed by atoms with Crippen LogP contribution in [0, 0.1) is 10.1 Å². The second kappa shape index (κ2) is 4.98. The molecule has 6 heteroatoms. The minimum atomic E-state index is -0.318. The SMILES string of the molecule is BN1CC(CCN(C)C)c2cc([N+](=O)[O-])ccc21. The summed E-state index contributed by atoms with van der Waals surface area (Å²) >= 11 is 0. The number of rotatable bonds is 4. The zero-order valence-corrected chi connectivity index (χ0v) is 11.1. The highest BCUT2D eigenvalue weighted by molar-refractivity contribution is 6.19. The van der Waals surface area contributed by atoms with Crippen LogP contribution >= 0.6 is 0 Å². The lowest BCUT2D eigenvalue weighted by Crippen LogP contribution is -2.20. The molecular weight excluding hydrogens is 229 g/mol. The van der Waals surface area contributed by atoms with Crippen molar-refractivity contribution in [3.63, 3.8) is 0 Å². The number of anilines is 1. The van der Waals surface area contributed by atoms with Crippen LogP contribution < -0.4 is 4.81 Å². The van der Waals surface area contributed by atoms with Crippen molar-refractivity contribution in [2.75, 3.05) is 32.0 Å². The van der Waals surface area contributed by atoms with Crippen molar-refractivity contribution in [3.8, 4) is 0 Å². The number of hydrogen-bond acceptors (Lipinski definition) is 4. The molecule has 0 aromatic heterocycles. The van der Waals surface area contributed by atoms with Crippen LogP contribution in [0.25, 0.3) is 0 Å². The van der Waals surface area contributed by atoms with Crippen molar-refractivity contribution in [2.24, 2.45) is 0 Å². The highest BCUT2D eigenvalue weighted by Crippen LogP contribution is 2.38. The van der Waals surface area contributed by atoms with Gasteiger partial charge in [0, 0.05) is 30.3 Å². The van der Waals surface area contributed by atoms with E-state index in [1.54, 1.807) is 12.1 Å². The van der Waals surface area contributed by atoms with Crippen LogP contribution in [0.1, 0.15) is 17.9 Å². The van der Waals surface area contributed by atoms with Crippen molar-refractivity contribution in [1.82, 2.24) is 4.90 Å². The van der Waals surface area contributed by atoms with Gasteiger partial charge >= 0.3 is 0 Å². The van der Waals surface area contributed by atoms with Crippen LogP contribution in [0.4, 0.5) is 11.4 Å². The predicted octanol–water partition coefficient (Wildman–Crippen LogP) is 0.998. The third kappa shape index (κ3) is 2.48. The Morgan fingerprint density at radius 1 is 1.56 bits per heavy atom. The monoisotopic (exact) mass is 247 g/mol. The van der Waals surface area contributed by atoms with Crippen molar-refractivity contribution in [1.29, 1.82) is 0 Å². The number of nitrogens with zero attached hydrogens (tertiary/aromatic N) is 3. The van der Waals surface area contributed by atoms with E-state index in [0.717, 1.165) is 30.8 Å². The maximum Gasteiger partial charge on any atom is 0.269 e. The third-order valence-electron chi connectivity index (χ3n) is 3.49. The first-order valence-corrected chi connectivity index (χ1v) is 6.13. The van der Waals surface area contributed by atoms with E-state index < -0.39 is 0 Å². The molecule has 0 bridgehead atoms. The molecule has 1 heterocycles. The van der Waals surface area contributed by atoms with Crippen LogP contribution in [0.2, 0.25) is 0 Å². The Bertz CT molecular complexity index is 465. The maximum absolute atomic E-state index is 10.8. The quantitative estimate of drug-likeness (QED) is 0.452.